The fourth-order valence-corrected chi connectivity index (χ4v) is 3.23. The van der Waals surface area contributed by atoms with Gasteiger partial charge in [0, 0.05) is 12.6 Å². The molecule has 0 fully saturated rings. The highest BCUT2D eigenvalue weighted by molar-refractivity contribution is 5.86. The molecule has 0 bridgehead atoms. The molecule has 2 aromatic rings. The predicted molar refractivity (Wildman–Crippen MR) is 107 cm³/mol. The lowest BCUT2D eigenvalue weighted by molar-refractivity contribution is -0.136. The number of aliphatic carboxylic acids is 1. The van der Waals surface area contributed by atoms with Crippen molar-refractivity contribution in [3.63, 3.8) is 0 Å². The molecule has 0 amide bonds. The summed E-state index contributed by atoms with van der Waals surface area (Å²) in [5, 5.41) is 12.6. The van der Waals surface area contributed by atoms with E-state index in [4.69, 9.17) is 4.74 Å². The zero-order valence-electron chi connectivity index (χ0n) is 16.1. The lowest BCUT2D eigenvalue weighted by atomic mass is 9.88. The maximum atomic E-state index is 11.5. The summed E-state index contributed by atoms with van der Waals surface area (Å²) in [6.07, 6.45) is 3.87. The molecule has 0 aliphatic rings. The Hall–Kier alpha value is -2.75. The molecule has 0 aliphatic heterocycles. The van der Waals surface area contributed by atoms with E-state index in [0.717, 1.165) is 39.3 Å². The lowest BCUT2D eigenvalue weighted by Gasteiger charge is -2.23. The van der Waals surface area contributed by atoms with Gasteiger partial charge in [0.05, 0.1) is 12.1 Å². The molecule has 2 aromatic carbocycles. The summed E-state index contributed by atoms with van der Waals surface area (Å²) in [7, 11) is 1.83. The minimum atomic E-state index is -0.842. The van der Waals surface area contributed by atoms with Crippen molar-refractivity contribution >= 4 is 11.7 Å². The van der Waals surface area contributed by atoms with Crippen molar-refractivity contribution < 1.29 is 14.6 Å². The summed E-state index contributed by atoms with van der Waals surface area (Å²) in [4.78, 5) is 11.5. The molecule has 0 radical (unpaired) electrons. The van der Waals surface area contributed by atoms with Crippen LogP contribution in [0.25, 0.3) is 11.1 Å². The Morgan fingerprint density at radius 1 is 1.15 bits per heavy atom. The van der Waals surface area contributed by atoms with Crippen LogP contribution in [0.15, 0.2) is 36.4 Å². The predicted octanol–water partition coefficient (Wildman–Crippen LogP) is 4.90. The minimum Gasteiger partial charge on any atom is -0.487 e. The van der Waals surface area contributed by atoms with Crippen molar-refractivity contribution in [1.82, 2.24) is 0 Å². The number of anilines is 1. The van der Waals surface area contributed by atoms with E-state index in [1.165, 1.54) is 5.56 Å². The van der Waals surface area contributed by atoms with E-state index >= 15 is 0 Å². The normalized spacial score (nSPS) is 11.0. The van der Waals surface area contributed by atoms with Crippen molar-refractivity contribution in [2.24, 2.45) is 0 Å². The molecular formula is C22H27NO3. The second-order valence-corrected chi connectivity index (χ2v) is 6.37. The van der Waals surface area contributed by atoms with Gasteiger partial charge in [-0.2, -0.15) is 0 Å². The molecule has 0 heterocycles. The number of allylic oxidation sites excluding steroid dienone is 1. The zero-order chi connectivity index (χ0) is 19.3. The van der Waals surface area contributed by atoms with E-state index in [2.05, 4.69) is 5.32 Å². The molecule has 26 heavy (non-hydrogen) atoms. The van der Waals surface area contributed by atoms with Gasteiger partial charge in [0.2, 0.25) is 0 Å². The lowest BCUT2D eigenvalue weighted by Crippen LogP contribution is -2.10. The van der Waals surface area contributed by atoms with Gasteiger partial charge < -0.3 is 15.2 Å². The van der Waals surface area contributed by atoms with Crippen molar-refractivity contribution in [2.45, 2.75) is 34.1 Å². The summed E-state index contributed by atoms with van der Waals surface area (Å²) in [6.45, 7) is 8.40. The Morgan fingerprint density at radius 3 is 2.35 bits per heavy atom. The third kappa shape index (κ3) is 4.07. The monoisotopic (exact) mass is 353 g/mol. The number of aryl methyl sites for hydroxylation is 1. The van der Waals surface area contributed by atoms with Gasteiger partial charge in [-0.25, -0.2) is 0 Å². The number of carbonyl (C=O) groups is 1. The second-order valence-electron chi connectivity index (χ2n) is 6.37. The van der Waals surface area contributed by atoms with E-state index in [9.17, 15) is 9.90 Å². The van der Waals surface area contributed by atoms with Gasteiger partial charge in [-0.05, 0) is 49.9 Å². The number of hydrogen-bond acceptors (Lipinski definition) is 3. The van der Waals surface area contributed by atoms with Crippen molar-refractivity contribution in [3.8, 4) is 16.9 Å². The number of hydrogen-bond donors (Lipinski definition) is 2. The van der Waals surface area contributed by atoms with Crippen LogP contribution in [-0.2, 0) is 11.2 Å². The molecular weight excluding hydrogens is 326 g/mol. The average Bonchev–Trinajstić information content (AvgIpc) is 2.60. The molecule has 0 aliphatic carbocycles. The van der Waals surface area contributed by atoms with Crippen molar-refractivity contribution in [3.05, 3.63) is 58.7 Å². The van der Waals surface area contributed by atoms with Crippen LogP contribution in [0, 0.1) is 20.8 Å². The molecule has 0 spiro atoms. The Balaban J connectivity index is 2.76. The van der Waals surface area contributed by atoms with Crippen molar-refractivity contribution in [1.29, 1.82) is 0 Å². The van der Waals surface area contributed by atoms with Gasteiger partial charge in [-0.15, -0.1) is 0 Å². The third-order valence-corrected chi connectivity index (χ3v) is 4.55. The van der Waals surface area contributed by atoms with E-state index in [0.29, 0.717) is 6.61 Å². The topological polar surface area (TPSA) is 58.6 Å². The fourth-order valence-electron chi connectivity index (χ4n) is 3.23. The SMILES string of the molecule is C/C=C\COc1c(C)c(-c2ccc(C)cc2)c(CC(=O)O)c(C)c1NC. The molecule has 0 unspecified atom stereocenters. The molecule has 0 aromatic heterocycles. The highest BCUT2D eigenvalue weighted by Gasteiger charge is 2.22. The Morgan fingerprint density at radius 2 is 1.81 bits per heavy atom. The first-order valence-electron chi connectivity index (χ1n) is 8.77. The Kier molecular flexibility index (Phi) is 6.45. The van der Waals surface area contributed by atoms with Crippen LogP contribution in [0.5, 0.6) is 5.75 Å². The number of carboxylic acid groups (broad SMARTS) is 1. The van der Waals surface area contributed by atoms with E-state index in [-0.39, 0.29) is 6.42 Å². The minimum absolute atomic E-state index is 0.0281. The molecule has 4 nitrogen and oxygen atoms in total. The standard InChI is InChI=1S/C22H27NO3/c1-6-7-12-26-22-16(4)20(17-10-8-14(2)9-11-17)18(13-19(24)25)15(3)21(22)23-5/h6-11,23H,12-13H2,1-5H3,(H,24,25)/b7-6-. The van der Waals surface area contributed by atoms with Crippen LogP contribution in [-0.4, -0.2) is 24.7 Å². The van der Waals surface area contributed by atoms with Crippen LogP contribution >= 0.6 is 0 Å². The highest BCUT2D eigenvalue weighted by atomic mass is 16.5. The Bertz CT molecular complexity index is 821. The molecule has 138 valence electrons. The second kappa shape index (κ2) is 8.56. The van der Waals surface area contributed by atoms with Gasteiger partial charge in [0.25, 0.3) is 0 Å². The first kappa shape index (κ1) is 19.6. The number of rotatable bonds is 7. The number of carboxylic acids is 1. The summed E-state index contributed by atoms with van der Waals surface area (Å²) in [5.41, 5.74) is 6.64. The van der Waals surface area contributed by atoms with Crippen LogP contribution in [0.2, 0.25) is 0 Å². The summed E-state index contributed by atoms with van der Waals surface area (Å²) in [6, 6.07) is 8.16. The highest BCUT2D eigenvalue weighted by Crippen LogP contribution is 2.42. The maximum absolute atomic E-state index is 11.5. The van der Waals surface area contributed by atoms with Gasteiger partial charge in [-0.3, -0.25) is 4.79 Å². The summed E-state index contributed by atoms with van der Waals surface area (Å²) in [5.74, 6) is -0.0710. The largest absolute Gasteiger partial charge is 0.487 e. The molecule has 4 heteroatoms. The van der Waals surface area contributed by atoms with E-state index in [1.54, 1.807) is 0 Å². The third-order valence-electron chi connectivity index (χ3n) is 4.55. The van der Waals surface area contributed by atoms with Gasteiger partial charge in [0.1, 0.15) is 12.4 Å². The van der Waals surface area contributed by atoms with E-state index in [1.807, 2.05) is 71.2 Å². The van der Waals surface area contributed by atoms with Crippen LogP contribution in [0.4, 0.5) is 5.69 Å². The molecule has 0 atom stereocenters. The zero-order valence-corrected chi connectivity index (χ0v) is 16.1. The molecule has 0 saturated carbocycles. The Labute approximate surface area is 155 Å². The number of benzene rings is 2. The van der Waals surface area contributed by atoms with Crippen LogP contribution < -0.4 is 10.1 Å². The fraction of sp³-hybridized carbons (Fsp3) is 0.318. The number of nitrogens with one attached hydrogen (secondary N) is 1. The van der Waals surface area contributed by atoms with Crippen LogP contribution in [0.3, 0.4) is 0 Å². The van der Waals surface area contributed by atoms with Crippen LogP contribution in [0.1, 0.15) is 29.2 Å². The smallest absolute Gasteiger partial charge is 0.307 e. The first-order valence-corrected chi connectivity index (χ1v) is 8.77. The quantitative estimate of drug-likeness (QED) is 0.695. The average molecular weight is 353 g/mol. The number of ether oxygens (including phenoxy) is 1. The molecule has 0 saturated heterocycles. The van der Waals surface area contributed by atoms with Crippen molar-refractivity contribution in [2.75, 3.05) is 19.0 Å². The van der Waals surface area contributed by atoms with Gasteiger partial charge in [0.15, 0.2) is 0 Å². The van der Waals surface area contributed by atoms with Gasteiger partial charge in [-0.1, -0.05) is 42.0 Å². The summed E-state index contributed by atoms with van der Waals surface area (Å²) >= 11 is 0. The molecule has 2 N–H and O–H groups in total. The first-order chi connectivity index (χ1) is 12.4. The van der Waals surface area contributed by atoms with E-state index < -0.39 is 5.97 Å². The van der Waals surface area contributed by atoms with Gasteiger partial charge >= 0.3 is 5.97 Å². The maximum Gasteiger partial charge on any atom is 0.307 e. The summed E-state index contributed by atoms with van der Waals surface area (Å²) < 4.78 is 6.03. The molecule has 2 rings (SSSR count).